The summed E-state index contributed by atoms with van der Waals surface area (Å²) >= 11 is 0. The molecule has 2 aromatic carbocycles. The molecule has 0 amide bonds. The van der Waals surface area contributed by atoms with E-state index >= 15 is 0 Å². The molecule has 14 heavy (non-hydrogen) atoms. The number of benzene rings is 2. The van der Waals surface area contributed by atoms with E-state index in [4.69, 9.17) is 4.74 Å². The second-order valence-corrected chi connectivity index (χ2v) is 4.22. The average molecular weight is 182 g/mol. The zero-order chi connectivity index (χ0) is 9.28. The fourth-order valence-corrected chi connectivity index (χ4v) is 2.71. The summed E-state index contributed by atoms with van der Waals surface area (Å²) in [5.41, 5.74) is 4.20. The van der Waals surface area contributed by atoms with E-state index in [0.717, 1.165) is 0 Å². The van der Waals surface area contributed by atoms with Crippen molar-refractivity contribution >= 4 is 10.8 Å². The Morgan fingerprint density at radius 2 is 2.00 bits per heavy atom. The van der Waals surface area contributed by atoms with Gasteiger partial charge < -0.3 is 4.74 Å². The highest BCUT2D eigenvalue weighted by atomic mass is 16.6. The summed E-state index contributed by atoms with van der Waals surface area (Å²) in [6, 6.07) is 10.9. The molecule has 0 saturated carbocycles. The van der Waals surface area contributed by atoms with Gasteiger partial charge >= 0.3 is 0 Å². The predicted octanol–water partition coefficient (Wildman–Crippen LogP) is 3.27. The van der Waals surface area contributed by atoms with Gasteiger partial charge in [0, 0.05) is 0 Å². The molecule has 4 rings (SSSR count). The van der Waals surface area contributed by atoms with Gasteiger partial charge in [-0.05, 0) is 34.4 Å². The molecule has 0 aromatic heterocycles. The molecular weight excluding hydrogens is 172 g/mol. The summed E-state index contributed by atoms with van der Waals surface area (Å²) in [7, 11) is 0. The van der Waals surface area contributed by atoms with Crippen molar-refractivity contribution in [1.82, 2.24) is 0 Å². The third-order valence-corrected chi connectivity index (χ3v) is 3.42. The summed E-state index contributed by atoms with van der Waals surface area (Å²) in [6.07, 6.45) is 0.742. The molecule has 0 spiro atoms. The highest BCUT2D eigenvalue weighted by Crippen LogP contribution is 2.60. The number of rotatable bonds is 0. The van der Waals surface area contributed by atoms with Crippen molar-refractivity contribution in [3.8, 4) is 0 Å². The SMILES string of the molecule is Cc1ccc2cccc3c2c1C1OC31. The van der Waals surface area contributed by atoms with Crippen LogP contribution in [0.15, 0.2) is 30.3 Å². The van der Waals surface area contributed by atoms with Crippen molar-refractivity contribution in [2.24, 2.45) is 0 Å². The molecule has 1 nitrogen and oxygen atoms in total. The Morgan fingerprint density at radius 3 is 2.93 bits per heavy atom. The smallest absolute Gasteiger partial charge is 0.115 e. The molecule has 1 aliphatic carbocycles. The van der Waals surface area contributed by atoms with Crippen molar-refractivity contribution < 1.29 is 4.74 Å². The maximum absolute atomic E-state index is 5.65. The van der Waals surface area contributed by atoms with Crippen molar-refractivity contribution in [2.45, 2.75) is 19.1 Å². The first-order valence-electron chi connectivity index (χ1n) is 5.04. The normalized spacial score (nSPS) is 26.6. The number of hydrogen-bond donors (Lipinski definition) is 0. The molecule has 1 saturated heterocycles. The minimum Gasteiger partial charge on any atom is -0.359 e. The predicted molar refractivity (Wildman–Crippen MR) is 55.3 cm³/mol. The van der Waals surface area contributed by atoms with Crippen LogP contribution in [-0.2, 0) is 4.74 Å². The molecule has 2 atom stereocenters. The first-order valence-corrected chi connectivity index (χ1v) is 5.04. The van der Waals surface area contributed by atoms with Crippen molar-refractivity contribution in [2.75, 3.05) is 0 Å². The van der Waals surface area contributed by atoms with Gasteiger partial charge in [0.2, 0.25) is 0 Å². The highest BCUT2D eigenvalue weighted by Gasteiger charge is 2.49. The molecule has 1 fully saturated rings. The van der Waals surface area contributed by atoms with Crippen molar-refractivity contribution in [3.63, 3.8) is 0 Å². The molecule has 1 heteroatoms. The molecule has 1 aliphatic heterocycles. The standard InChI is InChI=1S/C13H10O/c1-7-5-6-8-3-2-4-9-11(8)10(7)13-12(9)14-13/h2-6,12-13H,1H3. The van der Waals surface area contributed by atoms with Crippen LogP contribution in [0.1, 0.15) is 28.9 Å². The van der Waals surface area contributed by atoms with Crippen LogP contribution < -0.4 is 0 Å². The van der Waals surface area contributed by atoms with Crippen LogP contribution in [0.25, 0.3) is 10.8 Å². The van der Waals surface area contributed by atoms with Crippen molar-refractivity contribution in [3.05, 3.63) is 47.0 Å². The molecule has 0 bridgehead atoms. The highest BCUT2D eigenvalue weighted by molar-refractivity contribution is 5.93. The maximum Gasteiger partial charge on any atom is 0.115 e. The summed E-state index contributed by atoms with van der Waals surface area (Å²) in [5.74, 6) is 0. The second-order valence-electron chi connectivity index (χ2n) is 4.22. The number of aryl methyl sites for hydroxylation is 1. The first kappa shape index (κ1) is 7.02. The topological polar surface area (TPSA) is 12.5 Å². The van der Waals surface area contributed by atoms with E-state index in [9.17, 15) is 0 Å². The fraction of sp³-hybridized carbons (Fsp3) is 0.231. The van der Waals surface area contributed by atoms with Gasteiger partial charge in [0.1, 0.15) is 12.2 Å². The van der Waals surface area contributed by atoms with Crippen LogP contribution in [0.4, 0.5) is 0 Å². The Balaban J connectivity index is 2.28. The second kappa shape index (κ2) is 2.01. The van der Waals surface area contributed by atoms with Crippen LogP contribution in [0, 0.1) is 6.92 Å². The number of ether oxygens (including phenoxy) is 1. The molecule has 68 valence electrons. The van der Waals surface area contributed by atoms with E-state index in [0.29, 0.717) is 12.2 Å². The maximum atomic E-state index is 5.65. The number of fused-ring (bicyclic) bond motifs is 3. The molecule has 2 unspecified atom stereocenters. The summed E-state index contributed by atoms with van der Waals surface area (Å²) < 4.78 is 5.65. The molecule has 2 aromatic rings. The lowest BCUT2D eigenvalue weighted by atomic mass is 10.0. The minimum atomic E-state index is 0.370. The van der Waals surface area contributed by atoms with E-state index in [1.54, 1.807) is 0 Å². The van der Waals surface area contributed by atoms with Gasteiger partial charge in [-0.25, -0.2) is 0 Å². The lowest BCUT2D eigenvalue weighted by Crippen LogP contribution is -1.87. The van der Waals surface area contributed by atoms with Gasteiger partial charge in [0.15, 0.2) is 0 Å². The third kappa shape index (κ3) is 0.632. The Bertz CT molecular complexity index is 556. The van der Waals surface area contributed by atoms with Gasteiger partial charge in [-0.1, -0.05) is 30.3 Å². The number of hydrogen-bond acceptors (Lipinski definition) is 1. The molecule has 1 heterocycles. The zero-order valence-corrected chi connectivity index (χ0v) is 7.95. The lowest BCUT2D eigenvalue weighted by Gasteiger charge is -2.07. The van der Waals surface area contributed by atoms with Gasteiger partial charge in [-0.3, -0.25) is 0 Å². The molecule has 0 N–H and O–H groups in total. The van der Waals surface area contributed by atoms with Gasteiger partial charge in [0.25, 0.3) is 0 Å². The van der Waals surface area contributed by atoms with Gasteiger partial charge in [-0.2, -0.15) is 0 Å². The Kier molecular flexibility index (Phi) is 1.01. The summed E-state index contributed by atoms with van der Waals surface area (Å²) in [4.78, 5) is 0. The quantitative estimate of drug-likeness (QED) is 0.569. The van der Waals surface area contributed by atoms with E-state index in [1.165, 1.54) is 27.5 Å². The van der Waals surface area contributed by atoms with E-state index in [1.807, 2.05) is 0 Å². The Morgan fingerprint density at radius 1 is 1.07 bits per heavy atom. The number of epoxide rings is 1. The Labute approximate surface area is 82.3 Å². The van der Waals surface area contributed by atoms with E-state index in [-0.39, 0.29) is 0 Å². The summed E-state index contributed by atoms with van der Waals surface area (Å²) in [5, 5.41) is 2.81. The molecule has 2 aliphatic rings. The van der Waals surface area contributed by atoms with Crippen LogP contribution in [0.2, 0.25) is 0 Å². The zero-order valence-electron chi connectivity index (χ0n) is 7.95. The van der Waals surface area contributed by atoms with Crippen LogP contribution in [0.3, 0.4) is 0 Å². The van der Waals surface area contributed by atoms with E-state index < -0.39 is 0 Å². The average Bonchev–Trinajstić information content (AvgIpc) is 2.91. The molecular formula is C13H10O. The van der Waals surface area contributed by atoms with Crippen LogP contribution in [-0.4, -0.2) is 0 Å². The molecule has 0 radical (unpaired) electrons. The lowest BCUT2D eigenvalue weighted by molar-refractivity contribution is 0.374. The van der Waals surface area contributed by atoms with Gasteiger partial charge in [0.05, 0.1) is 0 Å². The fourth-order valence-electron chi connectivity index (χ4n) is 2.71. The van der Waals surface area contributed by atoms with E-state index in [2.05, 4.69) is 37.3 Å². The first-order chi connectivity index (χ1) is 6.86. The monoisotopic (exact) mass is 182 g/mol. The summed E-state index contributed by atoms with van der Waals surface area (Å²) in [6.45, 7) is 2.18. The largest absolute Gasteiger partial charge is 0.359 e. The minimum absolute atomic E-state index is 0.370. The van der Waals surface area contributed by atoms with Crippen LogP contribution in [0.5, 0.6) is 0 Å². The Hall–Kier alpha value is -1.34. The van der Waals surface area contributed by atoms with Crippen LogP contribution >= 0.6 is 0 Å². The van der Waals surface area contributed by atoms with Gasteiger partial charge in [-0.15, -0.1) is 0 Å². The third-order valence-electron chi connectivity index (χ3n) is 3.42. The van der Waals surface area contributed by atoms with Crippen molar-refractivity contribution in [1.29, 1.82) is 0 Å².